The quantitative estimate of drug-likeness (QED) is 0.567. The van der Waals surface area contributed by atoms with Gasteiger partial charge in [0.15, 0.2) is 0 Å². The van der Waals surface area contributed by atoms with Crippen molar-refractivity contribution in [1.82, 2.24) is 9.55 Å². The van der Waals surface area contributed by atoms with Crippen LogP contribution >= 0.6 is 0 Å². The van der Waals surface area contributed by atoms with Crippen LogP contribution in [0, 0.1) is 21.7 Å². The van der Waals surface area contributed by atoms with Crippen LogP contribution in [0.4, 0.5) is 14.5 Å². The lowest BCUT2D eigenvalue weighted by molar-refractivity contribution is -0.384. The third kappa shape index (κ3) is 3.38. The summed E-state index contributed by atoms with van der Waals surface area (Å²) in [5, 5.41) is 21.1. The second kappa shape index (κ2) is 6.78. The van der Waals surface area contributed by atoms with Gasteiger partial charge in [-0.15, -0.1) is 0 Å². The minimum absolute atomic E-state index is 0.104. The van der Waals surface area contributed by atoms with E-state index in [9.17, 15) is 24.0 Å². The Bertz CT molecular complexity index is 907. The molecule has 1 heterocycles. The average Bonchev–Trinajstić information content (AvgIpc) is 3.03. The summed E-state index contributed by atoms with van der Waals surface area (Å²) in [4.78, 5) is 14.5. The van der Waals surface area contributed by atoms with Crippen molar-refractivity contribution >= 4 is 5.69 Å². The Morgan fingerprint density at radius 1 is 1.20 bits per heavy atom. The number of nitrogens with zero attached hydrogens (tertiary/aromatic N) is 3. The van der Waals surface area contributed by atoms with Crippen LogP contribution in [0.1, 0.15) is 11.7 Å². The molecule has 3 rings (SSSR count). The number of halogens is 2. The number of hydrogen-bond acceptors (Lipinski definition) is 4. The zero-order valence-electron chi connectivity index (χ0n) is 12.8. The maximum Gasteiger partial charge on any atom is 0.270 e. The fourth-order valence-electron chi connectivity index (χ4n) is 2.58. The molecule has 0 saturated heterocycles. The average molecular weight is 345 g/mol. The molecular weight excluding hydrogens is 332 g/mol. The zero-order chi connectivity index (χ0) is 18.0. The van der Waals surface area contributed by atoms with Crippen LogP contribution < -0.4 is 0 Å². The van der Waals surface area contributed by atoms with E-state index < -0.39 is 28.2 Å². The highest BCUT2D eigenvalue weighted by Crippen LogP contribution is 2.26. The first kappa shape index (κ1) is 16.7. The number of aliphatic hydroxyl groups excluding tert-OH is 1. The maximum atomic E-state index is 13.8. The van der Waals surface area contributed by atoms with Crippen molar-refractivity contribution in [3.8, 4) is 11.4 Å². The molecule has 128 valence electrons. The monoisotopic (exact) mass is 345 g/mol. The van der Waals surface area contributed by atoms with Crippen molar-refractivity contribution in [3.63, 3.8) is 0 Å². The van der Waals surface area contributed by atoms with E-state index in [1.165, 1.54) is 41.2 Å². The summed E-state index contributed by atoms with van der Waals surface area (Å²) in [6, 6.07) is 9.18. The Labute approximate surface area is 141 Å². The highest BCUT2D eigenvalue weighted by Gasteiger charge is 2.20. The molecule has 0 aliphatic heterocycles. The molecular formula is C17H13F2N3O3. The van der Waals surface area contributed by atoms with Gasteiger partial charge >= 0.3 is 0 Å². The number of hydrogen-bond donors (Lipinski definition) is 1. The molecule has 0 amide bonds. The van der Waals surface area contributed by atoms with Crippen molar-refractivity contribution in [2.24, 2.45) is 0 Å². The first-order valence-corrected chi connectivity index (χ1v) is 7.35. The van der Waals surface area contributed by atoms with E-state index in [1.807, 2.05) is 0 Å². The van der Waals surface area contributed by atoms with E-state index in [4.69, 9.17) is 0 Å². The first-order chi connectivity index (χ1) is 12.0. The van der Waals surface area contributed by atoms with Gasteiger partial charge in [0, 0.05) is 30.1 Å². The predicted octanol–water partition coefficient (Wildman–Crippen LogP) is 3.47. The van der Waals surface area contributed by atoms with Gasteiger partial charge < -0.3 is 9.67 Å². The largest absolute Gasteiger partial charge is 0.386 e. The van der Waals surface area contributed by atoms with Gasteiger partial charge in [0.1, 0.15) is 23.6 Å². The van der Waals surface area contributed by atoms with Crippen molar-refractivity contribution in [3.05, 3.63) is 82.2 Å². The van der Waals surface area contributed by atoms with Crippen molar-refractivity contribution in [2.75, 3.05) is 0 Å². The Balaban J connectivity index is 1.92. The van der Waals surface area contributed by atoms with Gasteiger partial charge in [0.05, 0.1) is 17.0 Å². The minimum atomic E-state index is -1.44. The van der Waals surface area contributed by atoms with Crippen LogP contribution in [0.3, 0.4) is 0 Å². The van der Waals surface area contributed by atoms with E-state index in [0.717, 1.165) is 12.1 Å². The third-order valence-corrected chi connectivity index (χ3v) is 3.73. The summed E-state index contributed by atoms with van der Waals surface area (Å²) in [5.74, 6) is -1.34. The number of nitro groups is 1. The third-order valence-electron chi connectivity index (χ3n) is 3.73. The molecule has 0 aliphatic carbocycles. The summed E-state index contributed by atoms with van der Waals surface area (Å²) in [6.45, 7) is -0.157. The first-order valence-electron chi connectivity index (χ1n) is 7.35. The number of non-ortho nitro benzene ring substituents is 1. The van der Waals surface area contributed by atoms with Gasteiger partial charge in [0.25, 0.3) is 5.69 Å². The Morgan fingerprint density at radius 3 is 2.56 bits per heavy atom. The number of aromatic nitrogens is 2. The Hall–Kier alpha value is -3.13. The highest BCUT2D eigenvalue weighted by atomic mass is 19.1. The molecule has 6 nitrogen and oxygen atoms in total. The van der Waals surface area contributed by atoms with Gasteiger partial charge in [0.2, 0.25) is 0 Å². The topological polar surface area (TPSA) is 81.2 Å². The molecule has 0 spiro atoms. The normalized spacial score (nSPS) is 12.1. The number of imidazole rings is 1. The minimum Gasteiger partial charge on any atom is -0.386 e. The van der Waals surface area contributed by atoms with E-state index in [0.29, 0.717) is 11.4 Å². The lowest BCUT2D eigenvalue weighted by Crippen LogP contribution is -2.12. The number of aliphatic hydroxyl groups is 1. The molecule has 0 fully saturated rings. The smallest absolute Gasteiger partial charge is 0.270 e. The standard InChI is InChI=1S/C17H13F2N3O3/c18-13-5-2-6-14(19)16(13)15(23)10-21-8-7-20-17(21)11-3-1-4-12(9-11)22(24)25/h1-9,15,23H,10H2. The van der Waals surface area contributed by atoms with Gasteiger partial charge in [-0.1, -0.05) is 18.2 Å². The number of rotatable bonds is 5. The lowest BCUT2D eigenvalue weighted by Gasteiger charge is -2.15. The van der Waals surface area contributed by atoms with E-state index in [2.05, 4.69) is 4.98 Å². The second-order valence-electron chi connectivity index (χ2n) is 5.36. The van der Waals surface area contributed by atoms with Gasteiger partial charge in [-0.25, -0.2) is 13.8 Å². The fraction of sp³-hybridized carbons (Fsp3) is 0.118. The summed E-state index contributed by atoms with van der Waals surface area (Å²) in [6.07, 6.45) is 1.53. The molecule has 3 aromatic rings. The van der Waals surface area contributed by atoms with Crippen LogP contribution in [-0.2, 0) is 6.54 Å². The van der Waals surface area contributed by atoms with Crippen LogP contribution in [-0.4, -0.2) is 19.6 Å². The zero-order valence-corrected chi connectivity index (χ0v) is 12.8. The molecule has 25 heavy (non-hydrogen) atoms. The fourth-order valence-corrected chi connectivity index (χ4v) is 2.58. The summed E-state index contributed by atoms with van der Waals surface area (Å²) < 4.78 is 29.1. The van der Waals surface area contributed by atoms with E-state index in [-0.39, 0.29) is 12.2 Å². The van der Waals surface area contributed by atoms with Crippen LogP contribution in [0.5, 0.6) is 0 Å². The molecule has 2 aromatic carbocycles. The molecule has 8 heteroatoms. The van der Waals surface area contributed by atoms with Crippen LogP contribution in [0.15, 0.2) is 54.9 Å². The summed E-state index contributed by atoms with van der Waals surface area (Å²) in [5.41, 5.74) is -0.0747. The molecule has 0 aliphatic rings. The van der Waals surface area contributed by atoms with Gasteiger partial charge in [-0.05, 0) is 12.1 Å². The SMILES string of the molecule is O=[N+]([O-])c1cccc(-c2nccn2CC(O)c2c(F)cccc2F)c1. The van der Waals surface area contributed by atoms with Crippen molar-refractivity contribution < 1.29 is 18.8 Å². The molecule has 0 radical (unpaired) electrons. The number of nitro benzene ring substituents is 1. The van der Waals surface area contributed by atoms with Gasteiger partial charge in [-0.2, -0.15) is 0 Å². The second-order valence-corrected chi connectivity index (χ2v) is 5.36. The summed E-state index contributed by atoms with van der Waals surface area (Å²) >= 11 is 0. The molecule has 1 atom stereocenters. The lowest BCUT2D eigenvalue weighted by atomic mass is 10.1. The molecule has 1 aromatic heterocycles. The van der Waals surface area contributed by atoms with E-state index >= 15 is 0 Å². The van der Waals surface area contributed by atoms with Crippen LogP contribution in [0.2, 0.25) is 0 Å². The Kier molecular flexibility index (Phi) is 4.53. The molecule has 1 unspecified atom stereocenters. The molecule has 0 saturated carbocycles. The van der Waals surface area contributed by atoms with Crippen LogP contribution in [0.25, 0.3) is 11.4 Å². The summed E-state index contributed by atoms with van der Waals surface area (Å²) in [7, 11) is 0. The number of benzene rings is 2. The highest BCUT2D eigenvalue weighted by molar-refractivity contribution is 5.59. The van der Waals surface area contributed by atoms with E-state index in [1.54, 1.807) is 6.07 Å². The van der Waals surface area contributed by atoms with Crippen molar-refractivity contribution in [2.45, 2.75) is 12.6 Å². The molecule has 0 bridgehead atoms. The Morgan fingerprint density at radius 2 is 1.88 bits per heavy atom. The van der Waals surface area contributed by atoms with Gasteiger partial charge in [-0.3, -0.25) is 10.1 Å². The maximum absolute atomic E-state index is 13.8. The van der Waals surface area contributed by atoms with Crippen molar-refractivity contribution in [1.29, 1.82) is 0 Å². The molecule has 1 N–H and O–H groups in total. The predicted molar refractivity (Wildman–Crippen MR) is 85.6 cm³/mol.